The number of anilines is 1. The molecule has 1 atom stereocenters. The Hall–Kier alpha value is -2.59. The fourth-order valence-corrected chi connectivity index (χ4v) is 5.83. The molecule has 4 rings (SSSR count). The minimum atomic E-state index is -4.64. The second-order valence-corrected chi connectivity index (χ2v) is 12.4. The van der Waals surface area contributed by atoms with Gasteiger partial charge >= 0.3 is 6.18 Å². The number of ether oxygens (including phenoxy) is 1. The largest absolute Gasteiger partial charge is 0.402 e. The van der Waals surface area contributed by atoms with Gasteiger partial charge in [0.1, 0.15) is 0 Å². The predicted molar refractivity (Wildman–Crippen MR) is 151 cm³/mol. The molecule has 1 heterocycles. The van der Waals surface area contributed by atoms with Gasteiger partial charge in [0.2, 0.25) is 0 Å². The zero-order valence-electron chi connectivity index (χ0n) is 23.9. The average Bonchev–Trinajstić information content (AvgIpc) is 2.92. The molecule has 1 saturated heterocycles. The van der Waals surface area contributed by atoms with Crippen LogP contribution in [0.15, 0.2) is 47.8 Å². The molecule has 1 aromatic rings. The molecule has 2 fully saturated rings. The molecule has 10 heteroatoms. The van der Waals surface area contributed by atoms with Gasteiger partial charge in [0.25, 0.3) is 5.70 Å². The molecule has 1 unspecified atom stereocenters. The van der Waals surface area contributed by atoms with Gasteiger partial charge in [0.15, 0.2) is 5.92 Å². The summed E-state index contributed by atoms with van der Waals surface area (Å²) in [5, 5.41) is 14.1. The number of nitrogens with one attached hydrogen (secondary N) is 1. The van der Waals surface area contributed by atoms with Crippen molar-refractivity contribution in [3.8, 4) is 0 Å². The summed E-state index contributed by atoms with van der Waals surface area (Å²) in [7, 11) is 0. The van der Waals surface area contributed by atoms with Crippen LogP contribution >= 0.6 is 0 Å². The number of hydrogen-bond acceptors (Lipinski definition) is 6. The summed E-state index contributed by atoms with van der Waals surface area (Å²) in [4.78, 5) is 15.0. The van der Waals surface area contributed by atoms with Crippen molar-refractivity contribution in [3.05, 3.63) is 63.5 Å². The van der Waals surface area contributed by atoms with E-state index in [4.69, 9.17) is 4.74 Å². The van der Waals surface area contributed by atoms with E-state index in [0.29, 0.717) is 24.8 Å². The number of allylic oxidation sites excluding steroid dienone is 4. The van der Waals surface area contributed by atoms with E-state index < -0.39 is 29.1 Å². The van der Waals surface area contributed by atoms with Gasteiger partial charge in [0, 0.05) is 63.1 Å². The van der Waals surface area contributed by atoms with Crippen LogP contribution in [0.4, 0.5) is 18.9 Å². The Morgan fingerprint density at radius 2 is 1.65 bits per heavy atom. The summed E-state index contributed by atoms with van der Waals surface area (Å²) >= 11 is 0. The number of benzene rings is 1. The summed E-state index contributed by atoms with van der Waals surface area (Å²) in [6, 6.07) is 8.95. The molecule has 0 spiro atoms. The molecule has 7 nitrogen and oxygen atoms in total. The number of nitro groups is 1. The molecule has 2 aliphatic carbocycles. The van der Waals surface area contributed by atoms with Crippen LogP contribution < -0.4 is 10.2 Å². The van der Waals surface area contributed by atoms with E-state index in [1.54, 1.807) is 0 Å². The molecule has 1 N–H and O–H groups in total. The van der Waals surface area contributed by atoms with Gasteiger partial charge in [-0.1, -0.05) is 32.9 Å². The third kappa shape index (κ3) is 8.22. The quantitative estimate of drug-likeness (QED) is 0.298. The number of piperazine rings is 1. The molecule has 0 amide bonds. The second-order valence-electron chi connectivity index (χ2n) is 12.4. The lowest BCUT2D eigenvalue weighted by atomic mass is 9.87. The van der Waals surface area contributed by atoms with E-state index in [2.05, 4.69) is 60.2 Å². The highest BCUT2D eigenvalue weighted by Crippen LogP contribution is 2.38. The first-order chi connectivity index (χ1) is 18.9. The van der Waals surface area contributed by atoms with E-state index in [1.807, 2.05) is 0 Å². The van der Waals surface area contributed by atoms with Crippen LogP contribution in [0.2, 0.25) is 0 Å². The van der Waals surface area contributed by atoms with Gasteiger partial charge in [-0.3, -0.25) is 15.0 Å². The third-order valence-electron chi connectivity index (χ3n) is 8.49. The van der Waals surface area contributed by atoms with Gasteiger partial charge in [-0.25, -0.2) is 0 Å². The van der Waals surface area contributed by atoms with Gasteiger partial charge < -0.3 is 15.0 Å². The molecule has 0 radical (unpaired) electrons. The van der Waals surface area contributed by atoms with Gasteiger partial charge in [-0.15, -0.1) is 0 Å². The highest BCUT2D eigenvalue weighted by Gasteiger charge is 2.48. The van der Waals surface area contributed by atoms with Gasteiger partial charge in [-0.05, 0) is 60.8 Å². The second kappa shape index (κ2) is 12.9. The molecular weight excluding hydrogens is 521 g/mol. The normalized spacial score (nSPS) is 24.9. The molecule has 222 valence electrons. The lowest BCUT2D eigenvalue weighted by molar-refractivity contribution is -0.443. The molecule has 0 aromatic heterocycles. The van der Waals surface area contributed by atoms with Gasteiger partial charge in [0.05, 0.1) is 17.6 Å². The van der Waals surface area contributed by atoms with Crippen molar-refractivity contribution in [3.63, 3.8) is 0 Å². The Morgan fingerprint density at radius 1 is 1.00 bits per heavy atom. The van der Waals surface area contributed by atoms with Crippen LogP contribution in [0.3, 0.4) is 0 Å². The van der Waals surface area contributed by atoms with Gasteiger partial charge in [-0.2, -0.15) is 13.2 Å². The maximum atomic E-state index is 13.3. The van der Waals surface area contributed by atoms with E-state index in [0.717, 1.165) is 64.5 Å². The highest BCUT2D eigenvalue weighted by atomic mass is 19.4. The zero-order valence-corrected chi connectivity index (χ0v) is 23.9. The Morgan fingerprint density at radius 3 is 2.23 bits per heavy atom. The number of hydrogen-bond donors (Lipinski definition) is 1. The average molecular weight is 565 g/mol. The van der Waals surface area contributed by atoms with E-state index in [9.17, 15) is 23.3 Å². The fourth-order valence-electron chi connectivity index (χ4n) is 5.83. The topological polar surface area (TPSA) is 70.9 Å². The van der Waals surface area contributed by atoms with E-state index in [1.165, 1.54) is 17.3 Å². The summed E-state index contributed by atoms with van der Waals surface area (Å²) < 4.78 is 46.1. The maximum Gasteiger partial charge on any atom is 0.402 e. The van der Waals surface area contributed by atoms with Crippen molar-refractivity contribution in [2.75, 3.05) is 50.8 Å². The zero-order chi connectivity index (χ0) is 28.9. The smallest absolute Gasteiger partial charge is 0.388 e. The summed E-state index contributed by atoms with van der Waals surface area (Å²) in [6.45, 7) is 13.0. The van der Waals surface area contributed by atoms with Crippen molar-refractivity contribution < 1.29 is 22.8 Å². The Bertz CT molecular complexity index is 1050. The molecule has 40 heavy (non-hydrogen) atoms. The van der Waals surface area contributed by atoms with Crippen LogP contribution in [-0.4, -0.2) is 68.0 Å². The van der Waals surface area contributed by atoms with Crippen LogP contribution in [0.25, 0.3) is 0 Å². The number of alkyl halides is 3. The molecular formula is C30H43F3N4O3. The molecule has 0 bridgehead atoms. The maximum absolute atomic E-state index is 13.3. The fraction of sp³-hybridized carbons (Fsp3) is 0.667. The first kappa shape index (κ1) is 30.4. The summed E-state index contributed by atoms with van der Waals surface area (Å²) in [6.07, 6.45) is 1.38. The Labute approximate surface area is 235 Å². The molecule has 1 saturated carbocycles. The van der Waals surface area contributed by atoms with E-state index in [-0.39, 0.29) is 11.5 Å². The highest BCUT2D eigenvalue weighted by molar-refractivity contribution is 5.49. The van der Waals surface area contributed by atoms with Crippen LogP contribution in [0.5, 0.6) is 0 Å². The van der Waals surface area contributed by atoms with Crippen molar-refractivity contribution in [1.29, 1.82) is 0 Å². The standard InChI is InChI=1S/C30H43F3N4O3/c1-29(2,3)23-6-9-25(10-7-23)36-16-14-35(15-17-36)18-19-40-26-11-4-22(5-12-26)21-34-24-8-13-28(37(38)39)27(20-24)30(31,32)33/h6-10,13,22,26-27,34H,4-5,11-12,14-21H2,1-3H3. The van der Waals surface area contributed by atoms with Crippen molar-refractivity contribution in [1.82, 2.24) is 10.2 Å². The van der Waals surface area contributed by atoms with Crippen LogP contribution in [-0.2, 0) is 10.2 Å². The minimum absolute atomic E-state index is 0.162. The number of halogens is 3. The van der Waals surface area contributed by atoms with Crippen molar-refractivity contribution in [2.24, 2.45) is 11.8 Å². The predicted octanol–water partition coefficient (Wildman–Crippen LogP) is 5.90. The Balaban J connectivity index is 1.11. The molecule has 1 aliphatic heterocycles. The first-order valence-electron chi connectivity index (χ1n) is 14.5. The van der Waals surface area contributed by atoms with Crippen molar-refractivity contribution in [2.45, 2.75) is 70.6 Å². The van der Waals surface area contributed by atoms with Crippen molar-refractivity contribution >= 4 is 5.69 Å². The van der Waals surface area contributed by atoms with E-state index >= 15 is 0 Å². The SMILES string of the molecule is CC(C)(C)c1ccc(N2CCN(CCOC3CCC(CNC4=CC=C([N+](=O)[O-])C(C(F)(F)F)C4)CC3)CC2)cc1. The lowest BCUT2D eigenvalue weighted by Crippen LogP contribution is -2.47. The number of nitrogens with zero attached hydrogens (tertiary/aromatic N) is 3. The van der Waals surface area contributed by atoms with Crippen LogP contribution in [0, 0.1) is 22.0 Å². The Kier molecular flexibility index (Phi) is 9.82. The summed E-state index contributed by atoms with van der Waals surface area (Å²) in [5.41, 5.74) is 2.42. The first-order valence-corrected chi connectivity index (χ1v) is 14.5. The monoisotopic (exact) mass is 564 g/mol. The minimum Gasteiger partial charge on any atom is -0.388 e. The summed E-state index contributed by atoms with van der Waals surface area (Å²) in [5.74, 6) is -1.71. The lowest BCUT2D eigenvalue weighted by Gasteiger charge is -2.36. The molecule has 1 aromatic carbocycles. The third-order valence-corrected chi connectivity index (χ3v) is 8.49. The van der Waals surface area contributed by atoms with Crippen LogP contribution in [0.1, 0.15) is 58.4 Å². The number of rotatable bonds is 9. The molecule has 3 aliphatic rings.